The summed E-state index contributed by atoms with van der Waals surface area (Å²) < 4.78 is 16.8. The van der Waals surface area contributed by atoms with Crippen LogP contribution in [0.3, 0.4) is 0 Å². The molecule has 0 bridgehead atoms. The molecule has 1 N–H and O–H groups in total. The van der Waals surface area contributed by atoms with Crippen LogP contribution in [0.4, 0.5) is 0 Å². The fourth-order valence-corrected chi connectivity index (χ4v) is 3.51. The Morgan fingerprint density at radius 1 is 0.968 bits per heavy atom. The Balaban J connectivity index is 1.49. The van der Waals surface area contributed by atoms with Gasteiger partial charge in [-0.3, -0.25) is 9.69 Å². The van der Waals surface area contributed by atoms with Gasteiger partial charge in [-0.1, -0.05) is 43.3 Å². The number of benzene rings is 2. The minimum atomic E-state index is -0.175. The number of carbonyl (C=O) groups is 1. The average Bonchev–Trinajstić information content (AvgIpc) is 3.43. The van der Waals surface area contributed by atoms with Gasteiger partial charge in [-0.15, -0.1) is 0 Å². The number of nitrogens with zero attached hydrogens (tertiary/aromatic N) is 1. The molecule has 1 amide bonds. The van der Waals surface area contributed by atoms with Crippen LogP contribution in [0.1, 0.15) is 47.7 Å². The van der Waals surface area contributed by atoms with Gasteiger partial charge in [0.15, 0.2) is 17.3 Å². The van der Waals surface area contributed by atoms with E-state index in [-0.39, 0.29) is 18.7 Å². The second-order valence-electron chi connectivity index (χ2n) is 7.87. The third-order valence-electron chi connectivity index (χ3n) is 5.35. The SMILES string of the molecule is CC[C@H](C)NC(=O)c1ccc(CN(Cc2ccccc2)Cc2ccc3c(c2)OCO3)o1. The number of rotatable bonds is 9. The number of furan rings is 1. The van der Waals surface area contributed by atoms with Gasteiger partial charge in [0.25, 0.3) is 5.91 Å². The zero-order valence-electron chi connectivity index (χ0n) is 18.0. The number of hydrogen-bond acceptors (Lipinski definition) is 5. The van der Waals surface area contributed by atoms with Gasteiger partial charge in [-0.2, -0.15) is 0 Å². The molecule has 0 unspecified atom stereocenters. The fourth-order valence-electron chi connectivity index (χ4n) is 3.51. The zero-order chi connectivity index (χ0) is 21.6. The van der Waals surface area contributed by atoms with Crippen LogP contribution in [0.5, 0.6) is 11.5 Å². The van der Waals surface area contributed by atoms with Crippen molar-refractivity contribution >= 4 is 5.91 Å². The normalized spacial score (nSPS) is 13.4. The van der Waals surface area contributed by atoms with Gasteiger partial charge in [0, 0.05) is 19.1 Å². The first-order valence-corrected chi connectivity index (χ1v) is 10.6. The largest absolute Gasteiger partial charge is 0.455 e. The van der Waals surface area contributed by atoms with Crippen molar-refractivity contribution in [1.82, 2.24) is 10.2 Å². The van der Waals surface area contributed by atoms with Crippen molar-refractivity contribution in [2.24, 2.45) is 0 Å². The van der Waals surface area contributed by atoms with Crippen LogP contribution < -0.4 is 14.8 Å². The predicted octanol–water partition coefficient (Wildman–Crippen LogP) is 4.74. The predicted molar refractivity (Wildman–Crippen MR) is 118 cm³/mol. The van der Waals surface area contributed by atoms with Crippen LogP contribution in [0.25, 0.3) is 0 Å². The van der Waals surface area contributed by atoms with Crippen molar-refractivity contribution in [2.75, 3.05) is 6.79 Å². The maximum atomic E-state index is 12.4. The summed E-state index contributed by atoms with van der Waals surface area (Å²) in [4.78, 5) is 14.6. The Hall–Kier alpha value is -3.25. The van der Waals surface area contributed by atoms with E-state index in [2.05, 4.69) is 28.4 Å². The molecule has 162 valence electrons. The molecule has 0 fully saturated rings. The maximum Gasteiger partial charge on any atom is 0.287 e. The molecule has 1 aliphatic heterocycles. The van der Waals surface area contributed by atoms with Crippen molar-refractivity contribution in [3.05, 3.63) is 83.3 Å². The summed E-state index contributed by atoms with van der Waals surface area (Å²) in [6.45, 7) is 6.33. The van der Waals surface area contributed by atoms with E-state index in [4.69, 9.17) is 13.9 Å². The molecule has 0 saturated carbocycles. The summed E-state index contributed by atoms with van der Waals surface area (Å²) in [6, 6.07) is 20.1. The van der Waals surface area contributed by atoms with E-state index in [0.717, 1.165) is 35.8 Å². The van der Waals surface area contributed by atoms with Crippen LogP contribution in [0.2, 0.25) is 0 Å². The molecule has 0 spiro atoms. The monoisotopic (exact) mass is 420 g/mol. The lowest BCUT2D eigenvalue weighted by Gasteiger charge is -2.22. The Labute approximate surface area is 182 Å². The molecule has 6 heteroatoms. The number of ether oxygens (including phenoxy) is 2. The van der Waals surface area contributed by atoms with Crippen LogP contribution in [-0.4, -0.2) is 23.6 Å². The van der Waals surface area contributed by atoms with E-state index < -0.39 is 0 Å². The van der Waals surface area contributed by atoms with Crippen LogP contribution in [0, 0.1) is 0 Å². The van der Waals surface area contributed by atoms with Crippen LogP contribution >= 0.6 is 0 Å². The van der Waals surface area contributed by atoms with E-state index in [1.165, 1.54) is 5.56 Å². The van der Waals surface area contributed by atoms with Gasteiger partial charge in [0.2, 0.25) is 6.79 Å². The van der Waals surface area contributed by atoms with Crippen LogP contribution in [-0.2, 0) is 19.6 Å². The summed E-state index contributed by atoms with van der Waals surface area (Å²) in [6.07, 6.45) is 0.875. The molecule has 6 nitrogen and oxygen atoms in total. The molecule has 2 aromatic carbocycles. The van der Waals surface area contributed by atoms with Crippen molar-refractivity contribution in [1.29, 1.82) is 0 Å². The zero-order valence-corrected chi connectivity index (χ0v) is 18.0. The minimum Gasteiger partial charge on any atom is -0.455 e. The highest BCUT2D eigenvalue weighted by Gasteiger charge is 2.18. The number of amides is 1. The second kappa shape index (κ2) is 9.71. The Bertz CT molecular complexity index is 1020. The molecular formula is C25H28N2O4. The summed E-state index contributed by atoms with van der Waals surface area (Å²) in [7, 11) is 0. The van der Waals surface area contributed by atoms with Gasteiger partial charge in [-0.05, 0) is 48.7 Å². The summed E-state index contributed by atoms with van der Waals surface area (Å²) in [5, 5.41) is 2.94. The number of carbonyl (C=O) groups excluding carboxylic acids is 1. The van der Waals surface area contributed by atoms with Crippen molar-refractivity contribution in [3.8, 4) is 11.5 Å². The number of hydrogen-bond donors (Lipinski definition) is 1. The minimum absolute atomic E-state index is 0.113. The van der Waals surface area contributed by atoms with Crippen molar-refractivity contribution in [3.63, 3.8) is 0 Å². The van der Waals surface area contributed by atoms with Gasteiger partial charge in [0.1, 0.15) is 5.76 Å². The Morgan fingerprint density at radius 3 is 2.55 bits per heavy atom. The molecule has 31 heavy (non-hydrogen) atoms. The quantitative estimate of drug-likeness (QED) is 0.542. The molecule has 1 atom stereocenters. The van der Waals surface area contributed by atoms with Crippen molar-refractivity contribution in [2.45, 2.75) is 45.9 Å². The highest BCUT2D eigenvalue weighted by molar-refractivity contribution is 5.91. The molecular weight excluding hydrogens is 392 g/mol. The third-order valence-corrected chi connectivity index (χ3v) is 5.35. The van der Waals surface area contributed by atoms with E-state index in [0.29, 0.717) is 18.8 Å². The lowest BCUT2D eigenvalue weighted by molar-refractivity contribution is 0.0906. The second-order valence-corrected chi connectivity index (χ2v) is 7.87. The van der Waals surface area contributed by atoms with E-state index in [1.807, 2.05) is 50.2 Å². The first kappa shape index (κ1) is 21.0. The molecule has 1 aromatic heterocycles. The maximum absolute atomic E-state index is 12.4. The van der Waals surface area contributed by atoms with Gasteiger partial charge in [0.05, 0.1) is 6.54 Å². The molecule has 0 saturated heterocycles. The van der Waals surface area contributed by atoms with Crippen LogP contribution in [0.15, 0.2) is 65.1 Å². The lowest BCUT2D eigenvalue weighted by Crippen LogP contribution is -2.31. The Kier molecular flexibility index (Phi) is 6.57. The number of nitrogens with one attached hydrogen (secondary N) is 1. The molecule has 0 radical (unpaired) electrons. The smallest absolute Gasteiger partial charge is 0.287 e. The summed E-state index contributed by atoms with van der Waals surface area (Å²) in [5.74, 6) is 2.48. The fraction of sp³-hybridized carbons (Fsp3) is 0.320. The molecule has 1 aliphatic rings. The van der Waals surface area contributed by atoms with E-state index >= 15 is 0 Å². The summed E-state index contributed by atoms with van der Waals surface area (Å²) in [5.41, 5.74) is 2.34. The van der Waals surface area contributed by atoms with E-state index in [1.54, 1.807) is 6.07 Å². The third kappa shape index (κ3) is 5.47. The molecule has 2 heterocycles. The van der Waals surface area contributed by atoms with Gasteiger partial charge in [-0.25, -0.2) is 0 Å². The number of fused-ring (bicyclic) bond motifs is 1. The average molecular weight is 421 g/mol. The van der Waals surface area contributed by atoms with Gasteiger partial charge >= 0.3 is 0 Å². The van der Waals surface area contributed by atoms with Gasteiger partial charge < -0.3 is 19.2 Å². The highest BCUT2D eigenvalue weighted by atomic mass is 16.7. The molecule has 4 rings (SSSR count). The first-order chi connectivity index (χ1) is 15.1. The van der Waals surface area contributed by atoms with E-state index in [9.17, 15) is 4.79 Å². The topological polar surface area (TPSA) is 63.9 Å². The summed E-state index contributed by atoms with van der Waals surface area (Å²) >= 11 is 0. The lowest BCUT2D eigenvalue weighted by atomic mass is 10.1. The highest BCUT2D eigenvalue weighted by Crippen LogP contribution is 2.33. The van der Waals surface area contributed by atoms with Crippen molar-refractivity contribution < 1.29 is 18.7 Å². The standard InChI is InChI=1S/C25H28N2O4/c1-3-18(2)26-25(28)23-12-10-21(31-23)16-27(14-19-7-5-4-6-8-19)15-20-9-11-22-24(13-20)30-17-29-22/h4-13,18H,3,14-17H2,1-2H3,(H,26,28)/t18-/m0/s1. The first-order valence-electron chi connectivity index (χ1n) is 10.6. The molecule has 0 aliphatic carbocycles. The Morgan fingerprint density at radius 2 is 1.74 bits per heavy atom. The molecule has 3 aromatic rings.